The van der Waals surface area contributed by atoms with Gasteiger partial charge in [0.05, 0.1) is 0 Å². The van der Waals surface area contributed by atoms with E-state index in [0.717, 1.165) is 16.5 Å². The van der Waals surface area contributed by atoms with E-state index in [2.05, 4.69) is 16.0 Å². The van der Waals surface area contributed by atoms with E-state index < -0.39 is 6.17 Å². The molecule has 1 saturated heterocycles. The van der Waals surface area contributed by atoms with Crippen molar-refractivity contribution < 1.29 is 9.18 Å². The minimum atomic E-state index is -0.805. The van der Waals surface area contributed by atoms with Crippen LogP contribution < -0.4 is 16.0 Å². The number of anilines is 1. The molecule has 4 nitrogen and oxygen atoms in total. The molecule has 0 spiro atoms. The zero-order valence-corrected chi connectivity index (χ0v) is 11.6. The summed E-state index contributed by atoms with van der Waals surface area (Å²) < 4.78 is 13.0. The van der Waals surface area contributed by atoms with Crippen molar-refractivity contribution in [3.8, 4) is 0 Å². The lowest BCUT2D eigenvalue weighted by atomic mass is 10.1. The lowest BCUT2D eigenvalue weighted by Crippen LogP contribution is -2.39. The summed E-state index contributed by atoms with van der Waals surface area (Å²) in [5, 5.41) is 10.8. The molecule has 0 aliphatic carbocycles. The van der Waals surface area contributed by atoms with Crippen LogP contribution in [-0.4, -0.2) is 31.3 Å². The number of urea groups is 1. The Morgan fingerprint density at radius 1 is 1.24 bits per heavy atom. The average molecular weight is 287 g/mol. The first-order chi connectivity index (χ1) is 10.2. The lowest BCUT2D eigenvalue weighted by Gasteiger charge is -2.12. The Kier molecular flexibility index (Phi) is 4.01. The highest BCUT2D eigenvalue weighted by molar-refractivity contribution is 5.93. The summed E-state index contributed by atoms with van der Waals surface area (Å²) in [5.41, 5.74) is 0.744. The number of halogens is 1. The molecule has 0 saturated carbocycles. The third-order valence-electron chi connectivity index (χ3n) is 3.68. The van der Waals surface area contributed by atoms with Crippen molar-refractivity contribution in [2.75, 3.05) is 18.4 Å². The van der Waals surface area contributed by atoms with Gasteiger partial charge in [-0.2, -0.15) is 0 Å². The zero-order valence-electron chi connectivity index (χ0n) is 11.6. The molecule has 0 unspecified atom stereocenters. The van der Waals surface area contributed by atoms with Crippen molar-refractivity contribution in [3.63, 3.8) is 0 Å². The molecule has 0 radical (unpaired) electrons. The number of nitrogens with one attached hydrogen (secondary N) is 3. The van der Waals surface area contributed by atoms with Gasteiger partial charge in [0.25, 0.3) is 0 Å². The van der Waals surface area contributed by atoms with Crippen molar-refractivity contribution in [2.45, 2.75) is 18.6 Å². The predicted octanol–water partition coefficient (Wildman–Crippen LogP) is 2.66. The molecular formula is C16H18FN3O. The van der Waals surface area contributed by atoms with E-state index >= 15 is 0 Å². The molecule has 1 heterocycles. The summed E-state index contributed by atoms with van der Waals surface area (Å²) in [4.78, 5) is 11.8. The molecule has 0 aromatic heterocycles. The minimum absolute atomic E-state index is 0.0161. The molecule has 3 N–H and O–H groups in total. The van der Waals surface area contributed by atoms with Gasteiger partial charge in [0, 0.05) is 24.8 Å². The molecular weight excluding hydrogens is 269 g/mol. The Hall–Kier alpha value is -2.14. The van der Waals surface area contributed by atoms with Gasteiger partial charge >= 0.3 is 6.03 Å². The highest BCUT2D eigenvalue weighted by Gasteiger charge is 2.23. The highest BCUT2D eigenvalue weighted by Crippen LogP contribution is 2.18. The fourth-order valence-corrected chi connectivity index (χ4v) is 2.58. The van der Waals surface area contributed by atoms with E-state index in [4.69, 9.17) is 0 Å². The molecule has 1 fully saturated rings. The fraction of sp³-hybridized carbons (Fsp3) is 0.312. The van der Waals surface area contributed by atoms with E-state index in [0.29, 0.717) is 19.5 Å². The van der Waals surface area contributed by atoms with Crippen LogP contribution in [0.5, 0.6) is 0 Å². The summed E-state index contributed by atoms with van der Waals surface area (Å²) >= 11 is 0. The second-order valence-corrected chi connectivity index (χ2v) is 5.34. The fourth-order valence-electron chi connectivity index (χ4n) is 2.58. The largest absolute Gasteiger partial charge is 0.336 e. The number of alkyl halides is 1. The summed E-state index contributed by atoms with van der Waals surface area (Å²) in [6.07, 6.45) is -0.351. The molecule has 110 valence electrons. The second-order valence-electron chi connectivity index (χ2n) is 5.34. The number of hydrogen-bond donors (Lipinski definition) is 3. The predicted molar refractivity (Wildman–Crippen MR) is 82.3 cm³/mol. The van der Waals surface area contributed by atoms with E-state index in [1.165, 1.54) is 0 Å². The van der Waals surface area contributed by atoms with Gasteiger partial charge in [-0.1, -0.05) is 30.3 Å². The summed E-state index contributed by atoms with van der Waals surface area (Å²) in [5.74, 6) is 0. The SMILES string of the molecule is O=C(NC[C@@H]1C[C@H](F)CN1)Nc1ccc2ccccc2c1. The Morgan fingerprint density at radius 3 is 2.81 bits per heavy atom. The number of carbonyl (C=O) groups excluding carboxylic acids is 1. The molecule has 1 aliphatic rings. The van der Waals surface area contributed by atoms with Crippen LogP contribution in [0.3, 0.4) is 0 Å². The number of carbonyl (C=O) groups is 1. The smallest absolute Gasteiger partial charge is 0.319 e. The van der Waals surface area contributed by atoms with Crippen molar-refractivity contribution in [1.29, 1.82) is 0 Å². The second kappa shape index (κ2) is 6.10. The Morgan fingerprint density at radius 2 is 2.05 bits per heavy atom. The summed E-state index contributed by atoms with van der Waals surface area (Å²) in [6, 6.07) is 13.5. The first kappa shape index (κ1) is 13.8. The van der Waals surface area contributed by atoms with E-state index in [1.807, 2.05) is 42.5 Å². The molecule has 2 aromatic rings. The Balaban J connectivity index is 1.56. The standard InChI is InChI=1S/C16H18FN3O/c17-13-8-15(18-9-13)10-19-16(21)20-14-6-5-11-3-1-2-4-12(11)7-14/h1-7,13,15,18H,8-10H2,(H2,19,20,21)/t13-,15-/m0/s1. The molecule has 21 heavy (non-hydrogen) atoms. The van der Waals surface area contributed by atoms with Crippen molar-refractivity contribution in [1.82, 2.24) is 10.6 Å². The van der Waals surface area contributed by atoms with Gasteiger partial charge in [-0.25, -0.2) is 9.18 Å². The number of hydrogen-bond acceptors (Lipinski definition) is 2. The van der Waals surface area contributed by atoms with E-state index in [-0.39, 0.29) is 12.1 Å². The van der Waals surface area contributed by atoms with Gasteiger partial charge in [0.1, 0.15) is 6.17 Å². The first-order valence-electron chi connectivity index (χ1n) is 7.12. The van der Waals surface area contributed by atoms with Crippen LogP contribution in [0.25, 0.3) is 10.8 Å². The van der Waals surface area contributed by atoms with Crippen LogP contribution in [0, 0.1) is 0 Å². The van der Waals surface area contributed by atoms with Crippen LogP contribution >= 0.6 is 0 Å². The van der Waals surface area contributed by atoms with E-state index in [9.17, 15) is 9.18 Å². The van der Waals surface area contributed by atoms with Gasteiger partial charge in [-0.15, -0.1) is 0 Å². The van der Waals surface area contributed by atoms with Gasteiger partial charge in [0.15, 0.2) is 0 Å². The van der Waals surface area contributed by atoms with Gasteiger partial charge < -0.3 is 16.0 Å². The van der Waals surface area contributed by atoms with Gasteiger partial charge in [-0.05, 0) is 29.3 Å². The lowest BCUT2D eigenvalue weighted by molar-refractivity contribution is 0.251. The van der Waals surface area contributed by atoms with Crippen LogP contribution in [0.15, 0.2) is 42.5 Å². The maximum absolute atomic E-state index is 13.0. The van der Waals surface area contributed by atoms with Crippen molar-refractivity contribution >= 4 is 22.5 Å². The third-order valence-corrected chi connectivity index (χ3v) is 3.68. The molecule has 3 rings (SSSR count). The maximum atomic E-state index is 13.0. The number of benzene rings is 2. The normalized spacial score (nSPS) is 21.4. The molecule has 2 atom stereocenters. The van der Waals surface area contributed by atoms with Crippen LogP contribution in [0.2, 0.25) is 0 Å². The first-order valence-corrected chi connectivity index (χ1v) is 7.12. The monoisotopic (exact) mass is 287 g/mol. The molecule has 2 amide bonds. The number of amides is 2. The van der Waals surface area contributed by atoms with Gasteiger partial charge in [-0.3, -0.25) is 0 Å². The molecule has 1 aliphatic heterocycles. The number of rotatable bonds is 3. The van der Waals surface area contributed by atoms with E-state index in [1.54, 1.807) is 0 Å². The topological polar surface area (TPSA) is 53.2 Å². The molecule has 5 heteroatoms. The van der Waals surface area contributed by atoms with Crippen LogP contribution in [0.4, 0.5) is 14.9 Å². The molecule has 0 bridgehead atoms. The average Bonchev–Trinajstić information content (AvgIpc) is 2.91. The highest BCUT2D eigenvalue weighted by atomic mass is 19.1. The Labute approximate surface area is 122 Å². The van der Waals surface area contributed by atoms with Crippen LogP contribution in [-0.2, 0) is 0 Å². The maximum Gasteiger partial charge on any atom is 0.319 e. The zero-order chi connectivity index (χ0) is 14.7. The van der Waals surface area contributed by atoms with Crippen molar-refractivity contribution in [3.05, 3.63) is 42.5 Å². The summed E-state index contributed by atoms with van der Waals surface area (Å²) in [7, 11) is 0. The summed E-state index contributed by atoms with van der Waals surface area (Å²) in [6.45, 7) is 0.804. The minimum Gasteiger partial charge on any atom is -0.336 e. The van der Waals surface area contributed by atoms with Crippen LogP contribution in [0.1, 0.15) is 6.42 Å². The number of fused-ring (bicyclic) bond motifs is 1. The van der Waals surface area contributed by atoms with Gasteiger partial charge in [0.2, 0.25) is 0 Å². The van der Waals surface area contributed by atoms with Crippen molar-refractivity contribution in [2.24, 2.45) is 0 Å². The Bertz CT molecular complexity index is 646. The molecule has 2 aromatic carbocycles. The quantitative estimate of drug-likeness (QED) is 0.813. The third kappa shape index (κ3) is 3.49.